The van der Waals surface area contributed by atoms with Crippen LogP contribution in [0.1, 0.15) is 5.56 Å². The Morgan fingerprint density at radius 2 is 2.16 bits per heavy atom. The molecule has 0 fully saturated rings. The van der Waals surface area contributed by atoms with Gasteiger partial charge < -0.3 is 5.32 Å². The molecule has 2 rings (SSSR count). The third-order valence-electron chi connectivity index (χ3n) is 2.70. The number of aryl methyl sites for hydroxylation is 1. The van der Waals surface area contributed by atoms with Gasteiger partial charge in [-0.05, 0) is 18.1 Å². The first kappa shape index (κ1) is 13.1. The molecule has 0 unspecified atom stereocenters. The predicted octanol–water partition coefficient (Wildman–Crippen LogP) is 1.92. The highest BCUT2D eigenvalue weighted by Gasteiger charge is 2.05. The highest BCUT2D eigenvalue weighted by molar-refractivity contribution is 5.88. The zero-order chi connectivity index (χ0) is 13.7. The van der Waals surface area contributed by atoms with Gasteiger partial charge in [0.2, 0.25) is 0 Å². The smallest absolute Gasteiger partial charge is 0.320 e. The topological polar surface area (TPSA) is 59.0 Å². The number of halogens is 1. The van der Waals surface area contributed by atoms with Gasteiger partial charge in [-0.3, -0.25) is 10.00 Å². The van der Waals surface area contributed by atoms with Crippen LogP contribution in [0.4, 0.5) is 15.0 Å². The summed E-state index contributed by atoms with van der Waals surface area (Å²) in [6.45, 7) is 0.366. The van der Waals surface area contributed by atoms with Gasteiger partial charge in [-0.1, -0.05) is 18.2 Å². The summed E-state index contributed by atoms with van der Waals surface area (Å²) in [5.41, 5.74) is 0.586. The Morgan fingerprint density at radius 3 is 2.84 bits per heavy atom. The van der Waals surface area contributed by atoms with E-state index in [1.165, 1.54) is 6.07 Å². The number of carbonyl (C=O) groups excluding carboxylic acids is 1. The Kier molecular flexibility index (Phi) is 4.12. The maximum atomic E-state index is 13.3. The van der Waals surface area contributed by atoms with Crippen LogP contribution in [0, 0.1) is 5.82 Å². The highest BCUT2D eigenvalue weighted by atomic mass is 19.1. The van der Waals surface area contributed by atoms with E-state index in [2.05, 4.69) is 15.7 Å². The van der Waals surface area contributed by atoms with E-state index in [0.29, 0.717) is 24.3 Å². The van der Waals surface area contributed by atoms with Gasteiger partial charge in [0.1, 0.15) is 11.6 Å². The molecular weight excluding hydrogens is 247 g/mol. The lowest BCUT2D eigenvalue weighted by Gasteiger charge is -2.08. The molecule has 0 spiro atoms. The van der Waals surface area contributed by atoms with Crippen molar-refractivity contribution in [1.29, 1.82) is 0 Å². The van der Waals surface area contributed by atoms with E-state index >= 15 is 0 Å². The van der Waals surface area contributed by atoms with Crippen molar-refractivity contribution in [3.8, 4) is 0 Å². The minimum absolute atomic E-state index is 0.253. The predicted molar refractivity (Wildman–Crippen MR) is 70.3 cm³/mol. The first-order chi connectivity index (χ1) is 9.16. The molecule has 0 bridgehead atoms. The largest absolute Gasteiger partial charge is 0.337 e. The molecule has 6 heteroatoms. The minimum Gasteiger partial charge on any atom is -0.337 e. The summed E-state index contributed by atoms with van der Waals surface area (Å²) < 4.78 is 14.9. The summed E-state index contributed by atoms with van der Waals surface area (Å²) >= 11 is 0. The lowest BCUT2D eigenvalue weighted by atomic mass is 10.1. The average Bonchev–Trinajstić information content (AvgIpc) is 2.77. The number of aromatic nitrogens is 2. The van der Waals surface area contributed by atoms with Gasteiger partial charge in [-0.25, -0.2) is 9.18 Å². The number of benzene rings is 1. The van der Waals surface area contributed by atoms with Crippen molar-refractivity contribution in [2.75, 3.05) is 11.9 Å². The standard InChI is InChI=1S/C13H15FN4O/c1-18-12(7-9-16-18)17-13(19)15-8-6-10-4-2-3-5-11(10)14/h2-5,7,9H,6,8H2,1H3,(H2,15,17,19). The summed E-state index contributed by atoms with van der Waals surface area (Å²) in [6.07, 6.45) is 2.04. The molecule has 0 radical (unpaired) electrons. The molecule has 0 aliphatic rings. The number of hydrogen-bond acceptors (Lipinski definition) is 2. The van der Waals surface area contributed by atoms with Crippen LogP contribution < -0.4 is 10.6 Å². The summed E-state index contributed by atoms with van der Waals surface area (Å²) in [4.78, 5) is 11.6. The lowest BCUT2D eigenvalue weighted by molar-refractivity contribution is 0.252. The van der Waals surface area contributed by atoms with Gasteiger partial charge in [-0.15, -0.1) is 0 Å². The van der Waals surface area contributed by atoms with Crippen LogP contribution in [-0.2, 0) is 13.5 Å². The van der Waals surface area contributed by atoms with Crippen molar-refractivity contribution < 1.29 is 9.18 Å². The van der Waals surface area contributed by atoms with Crippen LogP contribution in [0.2, 0.25) is 0 Å². The fraction of sp³-hybridized carbons (Fsp3) is 0.231. The van der Waals surface area contributed by atoms with E-state index in [1.807, 2.05) is 0 Å². The maximum Gasteiger partial charge on any atom is 0.320 e. The molecule has 1 aromatic heterocycles. The summed E-state index contributed by atoms with van der Waals surface area (Å²) in [7, 11) is 1.73. The number of anilines is 1. The normalized spacial score (nSPS) is 10.2. The molecule has 2 aromatic rings. The molecule has 0 aliphatic carbocycles. The van der Waals surface area contributed by atoms with Gasteiger partial charge in [0.15, 0.2) is 0 Å². The second kappa shape index (κ2) is 5.99. The Bertz CT molecular complexity index is 567. The molecule has 1 heterocycles. The maximum absolute atomic E-state index is 13.3. The Hall–Kier alpha value is -2.37. The van der Waals surface area contributed by atoms with E-state index in [4.69, 9.17) is 0 Å². The first-order valence-corrected chi connectivity index (χ1v) is 5.93. The van der Waals surface area contributed by atoms with Gasteiger partial charge in [0.25, 0.3) is 0 Å². The number of rotatable bonds is 4. The van der Waals surface area contributed by atoms with Crippen molar-refractivity contribution in [3.05, 3.63) is 47.9 Å². The third-order valence-corrected chi connectivity index (χ3v) is 2.70. The highest BCUT2D eigenvalue weighted by Crippen LogP contribution is 2.06. The second-order valence-electron chi connectivity index (χ2n) is 4.06. The van der Waals surface area contributed by atoms with Crippen molar-refractivity contribution in [2.45, 2.75) is 6.42 Å². The fourth-order valence-electron chi connectivity index (χ4n) is 1.67. The number of amides is 2. The Morgan fingerprint density at radius 1 is 1.37 bits per heavy atom. The monoisotopic (exact) mass is 262 g/mol. The molecule has 5 nitrogen and oxygen atoms in total. The zero-order valence-corrected chi connectivity index (χ0v) is 10.6. The van der Waals surface area contributed by atoms with Crippen molar-refractivity contribution in [3.63, 3.8) is 0 Å². The first-order valence-electron chi connectivity index (χ1n) is 5.93. The Labute approximate surface area is 110 Å². The SMILES string of the molecule is Cn1nccc1NC(=O)NCCc1ccccc1F. The van der Waals surface area contributed by atoms with Crippen molar-refractivity contribution in [2.24, 2.45) is 7.05 Å². The van der Waals surface area contributed by atoms with E-state index < -0.39 is 0 Å². The fourth-order valence-corrected chi connectivity index (χ4v) is 1.67. The number of nitrogens with zero attached hydrogens (tertiary/aromatic N) is 2. The van der Waals surface area contributed by atoms with E-state index in [-0.39, 0.29) is 11.8 Å². The van der Waals surface area contributed by atoms with Gasteiger partial charge in [0, 0.05) is 19.7 Å². The van der Waals surface area contributed by atoms with Crippen LogP contribution in [0.25, 0.3) is 0 Å². The molecule has 100 valence electrons. The molecule has 2 N–H and O–H groups in total. The molecular formula is C13H15FN4O. The number of urea groups is 1. The molecule has 0 saturated carbocycles. The van der Waals surface area contributed by atoms with Crippen molar-refractivity contribution in [1.82, 2.24) is 15.1 Å². The number of hydrogen-bond donors (Lipinski definition) is 2. The lowest BCUT2D eigenvalue weighted by Crippen LogP contribution is -2.31. The number of carbonyl (C=O) groups is 1. The average molecular weight is 262 g/mol. The minimum atomic E-state index is -0.333. The van der Waals surface area contributed by atoms with E-state index in [1.54, 1.807) is 42.2 Å². The van der Waals surface area contributed by atoms with Crippen LogP contribution >= 0.6 is 0 Å². The zero-order valence-electron chi connectivity index (χ0n) is 10.6. The van der Waals surface area contributed by atoms with Crippen LogP contribution in [0.3, 0.4) is 0 Å². The van der Waals surface area contributed by atoms with Gasteiger partial charge in [-0.2, -0.15) is 5.10 Å². The quantitative estimate of drug-likeness (QED) is 0.884. The van der Waals surface area contributed by atoms with Gasteiger partial charge in [0.05, 0.1) is 6.20 Å². The molecule has 19 heavy (non-hydrogen) atoms. The molecule has 0 aliphatic heterocycles. The number of nitrogens with one attached hydrogen (secondary N) is 2. The van der Waals surface area contributed by atoms with E-state index in [0.717, 1.165) is 0 Å². The Balaban J connectivity index is 1.79. The second-order valence-corrected chi connectivity index (χ2v) is 4.06. The van der Waals surface area contributed by atoms with Crippen LogP contribution in [-0.4, -0.2) is 22.4 Å². The summed E-state index contributed by atoms with van der Waals surface area (Å²) in [6, 6.07) is 7.88. The molecule has 2 amide bonds. The van der Waals surface area contributed by atoms with Crippen molar-refractivity contribution >= 4 is 11.8 Å². The van der Waals surface area contributed by atoms with Crippen LogP contribution in [0.15, 0.2) is 36.5 Å². The molecule has 1 aromatic carbocycles. The molecule has 0 saturated heterocycles. The molecule has 0 atom stereocenters. The summed E-state index contributed by atoms with van der Waals surface area (Å²) in [5, 5.41) is 9.25. The van der Waals surface area contributed by atoms with Gasteiger partial charge >= 0.3 is 6.03 Å². The van der Waals surface area contributed by atoms with Crippen LogP contribution in [0.5, 0.6) is 0 Å². The summed E-state index contributed by atoms with van der Waals surface area (Å²) in [5.74, 6) is 0.347. The van der Waals surface area contributed by atoms with E-state index in [9.17, 15) is 9.18 Å². The third kappa shape index (κ3) is 3.54.